The van der Waals surface area contributed by atoms with E-state index in [1.54, 1.807) is 36.4 Å². The zero-order valence-electron chi connectivity index (χ0n) is 15.4. The summed E-state index contributed by atoms with van der Waals surface area (Å²) < 4.78 is 20.3. The molecular weight excluding hydrogens is 361 g/mol. The quantitative estimate of drug-likeness (QED) is 0.577. The molecule has 6 nitrogen and oxygen atoms in total. The molecule has 7 heteroatoms. The van der Waals surface area contributed by atoms with Gasteiger partial charge in [-0.1, -0.05) is 24.3 Å². The van der Waals surface area contributed by atoms with Gasteiger partial charge < -0.3 is 10.1 Å². The molecule has 146 valence electrons. The lowest BCUT2D eigenvalue weighted by molar-refractivity contribution is -0.121. The predicted molar refractivity (Wildman–Crippen MR) is 105 cm³/mol. The van der Waals surface area contributed by atoms with E-state index in [2.05, 4.69) is 10.3 Å². The third-order valence-corrected chi connectivity index (χ3v) is 4.27. The van der Waals surface area contributed by atoms with Crippen LogP contribution in [0.15, 0.2) is 59.7 Å². The van der Waals surface area contributed by atoms with Crippen molar-refractivity contribution in [3.63, 3.8) is 0 Å². The lowest BCUT2D eigenvalue weighted by atomic mass is 10.2. The van der Waals surface area contributed by atoms with E-state index < -0.39 is 5.82 Å². The zero-order chi connectivity index (χ0) is 19.8. The molecule has 0 unspecified atom stereocenters. The Morgan fingerprint density at radius 3 is 2.75 bits per heavy atom. The molecule has 0 aliphatic rings. The highest BCUT2D eigenvalue weighted by Crippen LogP contribution is 2.15. The van der Waals surface area contributed by atoms with Crippen LogP contribution < -0.4 is 15.6 Å². The number of aryl methyl sites for hydroxylation is 1. The van der Waals surface area contributed by atoms with Crippen molar-refractivity contribution in [3.05, 3.63) is 71.0 Å². The number of fused-ring (bicyclic) bond motifs is 1. The minimum absolute atomic E-state index is 0.0901. The maximum atomic E-state index is 13.4. The average Bonchev–Trinajstić information content (AvgIpc) is 2.71. The van der Waals surface area contributed by atoms with Crippen LogP contribution in [0.1, 0.15) is 19.3 Å². The van der Waals surface area contributed by atoms with Crippen LogP contribution in [-0.2, 0) is 11.3 Å². The van der Waals surface area contributed by atoms with Crippen LogP contribution in [0.3, 0.4) is 0 Å². The molecule has 2 aromatic carbocycles. The van der Waals surface area contributed by atoms with Gasteiger partial charge in [-0.2, -0.15) is 0 Å². The molecule has 0 bridgehead atoms. The molecule has 1 aromatic heterocycles. The highest BCUT2D eigenvalue weighted by atomic mass is 19.1. The number of aromatic nitrogens is 2. The van der Waals surface area contributed by atoms with Crippen molar-refractivity contribution < 1.29 is 13.9 Å². The monoisotopic (exact) mass is 383 g/mol. The van der Waals surface area contributed by atoms with Crippen LogP contribution >= 0.6 is 0 Å². The Kier molecular flexibility index (Phi) is 6.73. The maximum Gasteiger partial charge on any atom is 0.261 e. The number of benzene rings is 2. The van der Waals surface area contributed by atoms with Gasteiger partial charge in [-0.25, -0.2) is 9.37 Å². The Hall–Kier alpha value is -3.22. The number of hydrogen-bond donors (Lipinski definition) is 1. The average molecular weight is 383 g/mol. The summed E-state index contributed by atoms with van der Waals surface area (Å²) in [5.41, 5.74) is 0.565. The van der Waals surface area contributed by atoms with Gasteiger partial charge in [0, 0.05) is 19.5 Å². The number of carbonyl (C=O) groups excluding carboxylic acids is 1. The Morgan fingerprint density at radius 1 is 1.11 bits per heavy atom. The van der Waals surface area contributed by atoms with E-state index in [0.29, 0.717) is 49.9 Å². The second kappa shape index (κ2) is 9.64. The van der Waals surface area contributed by atoms with Gasteiger partial charge in [0.25, 0.3) is 5.56 Å². The Labute approximate surface area is 162 Å². The van der Waals surface area contributed by atoms with Gasteiger partial charge in [0.05, 0.1) is 23.8 Å². The summed E-state index contributed by atoms with van der Waals surface area (Å²) in [6.45, 7) is 1.20. The summed E-state index contributed by atoms with van der Waals surface area (Å²) in [5, 5.41) is 3.37. The molecule has 0 saturated heterocycles. The van der Waals surface area contributed by atoms with Crippen molar-refractivity contribution in [2.75, 3.05) is 13.2 Å². The smallest absolute Gasteiger partial charge is 0.261 e. The van der Waals surface area contributed by atoms with Crippen LogP contribution in [0.5, 0.6) is 5.75 Å². The summed E-state index contributed by atoms with van der Waals surface area (Å²) in [6, 6.07) is 13.4. The highest BCUT2D eigenvalue weighted by Gasteiger charge is 2.06. The molecule has 1 heterocycles. The second-order valence-corrected chi connectivity index (χ2v) is 6.35. The van der Waals surface area contributed by atoms with E-state index in [9.17, 15) is 14.0 Å². The minimum atomic E-state index is -0.398. The number of rotatable bonds is 9. The molecule has 0 atom stereocenters. The van der Waals surface area contributed by atoms with Crippen molar-refractivity contribution in [2.45, 2.75) is 25.8 Å². The van der Waals surface area contributed by atoms with E-state index in [0.717, 1.165) is 0 Å². The molecule has 3 rings (SSSR count). The van der Waals surface area contributed by atoms with Gasteiger partial charge in [0.15, 0.2) is 11.6 Å². The largest absolute Gasteiger partial charge is 0.490 e. The van der Waals surface area contributed by atoms with Gasteiger partial charge in [0.1, 0.15) is 0 Å². The Bertz CT molecular complexity index is 1000. The summed E-state index contributed by atoms with van der Waals surface area (Å²) in [7, 11) is 0. The lowest BCUT2D eigenvalue weighted by Gasteiger charge is -2.09. The van der Waals surface area contributed by atoms with Crippen molar-refractivity contribution in [1.29, 1.82) is 0 Å². The molecule has 1 amide bonds. The van der Waals surface area contributed by atoms with Crippen LogP contribution in [-0.4, -0.2) is 28.6 Å². The van der Waals surface area contributed by atoms with Crippen molar-refractivity contribution >= 4 is 16.8 Å². The van der Waals surface area contributed by atoms with E-state index >= 15 is 0 Å². The number of nitrogens with zero attached hydrogens (tertiary/aromatic N) is 2. The first-order valence-electron chi connectivity index (χ1n) is 9.23. The summed E-state index contributed by atoms with van der Waals surface area (Å²) in [4.78, 5) is 28.5. The van der Waals surface area contributed by atoms with E-state index in [1.165, 1.54) is 17.0 Å². The standard InChI is InChI=1S/C21H22FN3O3/c22-17-8-2-4-10-19(17)28-14-6-12-23-20(26)11-5-13-25-15-24-18-9-3-1-7-16(18)21(25)27/h1-4,7-10,15H,5-6,11-14H2,(H,23,26). The normalized spacial score (nSPS) is 10.8. The second-order valence-electron chi connectivity index (χ2n) is 6.35. The predicted octanol–water partition coefficient (Wildman–Crippen LogP) is 2.90. The number of para-hydroxylation sites is 2. The number of hydrogen-bond acceptors (Lipinski definition) is 4. The van der Waals surface area contributed by atoms with Crippen molar-refractivity contribution in [3.8, 4) is 5.75 Å². The number of carbonyl (C=O) groups is 1. The number of ether oxygens (including phenoxy) is 1. The van der Waals surface area contributed by atoms with Gasteiger partial charge in [-0.05, 0) is 37.1 Å². The van der Waals surface area contributed by atoms with E-state index in [4.69, 9.17) is 4.74 Å². The van der Waals surface area contributed by atoms with E-state index in [-0.39, 0.29) is 17.2 Å². The Balaban J connectivity index is 1.35. The van der Waals surface area contributed by atoms with Crippen molar-refractivity contribution in [2.24, 2.45) is 0 Å². The SMILES string of the molecule is O=C(CCCn1cnc2ccccc2c1=O)NCCCOc1ccccc1F. The number of amides is 1. The molecule has 0 aliphatic carbocycles. The fourth-order valence-electron chi connectivity index (χ4n) is 2.81. The van der Waals surface area contributed by atoms with Crippen LogP contribution in [0.4, 0.5) is 4.39 Å². The maximum absolute atomic E-state index is 13.4. The summed E-state index contributed by atoms with van der Waals surface area (Å²) in [6.07, 6.45) is 2.95. The number of halogens is 1. The molecule has 0 spiro atoms. The summed E-state index contributed by atoms with van der Waals surface area (Å²) >= 11 is 0. The molecule has 1 N–H and O–H groups in total. The molecule has 3 aromatic rings. The molecule has 0 saturated carbocycles. The third kappa shape index (κ3) is 5.16. The number of nitrogens with one attached hydrogen (secondary N) is 1. The first kappa shape index (κ1) is 19.5. The topological polar surface area (TPSA) is 73.2 Å². The first-order valence-corrected chi connectivity index (χ1v) is 9.23. The molecule has 0 radical (unpaired) electrons. The first-order chi connectivity index (χ1) is 13.6. The molecule has 0 fully saturated rings. The zero-order valence-corrected chi connectivity index (χ0v) is 15.4. The fourth-order valence-corrected chi connectivity index (χ4v) is 2.81. The molecular formula is C21H22FN3O3. The summed E-state index contributed by atoms with van der Waals surface area (Å²) in [5.74, 6) is -0.277. The fraction of sp³-hybridized carbons (Fsp3) is 0.286. The van der Waals surface area contributed by atoms with Gasteiger partial charge in [-0.15, -0.1) is 0 Å². The van der Waals surface area contributed by atoms with Gasteiger partial charge >= 0.3 is 0 Å². The lowest BCUT2D eigenvalue weighted by Crippen LogP contribution is -2.26. The van der Waals surface area contributed by atoms with Gasteiger partial charge in [0.2, 0.25) is 5.91 Å². The van der Waals surface area contributed by atoms with Gasteiger partial charge in [-0.3, -0.25) is 14.2 Å². The van der Waals surface area contributed by atoms with Crippen molar-refractivity contribution in [1.82, 2.24) is 14.9 Å². The van der Waals surface area contributed by atoms with Crippen LogP contribution in [0.25, 0.3) is 10.9 Å². The molecule has 28 heavy (non-hydrogen) atoms. The highest BCUT2D eigenvalue weighted by molar-refractivity contribution is 5.77. The molecule has 0 aliphatic heterocycles. The van der Waals surface area contributed by atoms with Crippen LogP contribution in [0, 0.1) is 5.82 Å². The van der Waals surface area contributed by atoms with Crippen LogP contribution in [0.2, 0.25) is 0 Å². The third-order valence-electron chi connectivity index (χ3n) is 4.27. The van der Waals surface area contributed by atoms with E-state index in [1.807, 2.05) is 6.07 Å². The Morgan fingerprint density at radius 2 is 1.89 bits per heavy atom. The minimum Gasteiger partial charge on any atom is -0.490 e.